The third-order valence-corrected chi connectivity index (χ3v) is 3.58. The molecule has 0 bridgehead atoms. The van der Waals surface area contributed by atoms with Gasteiger partial charge in [0.05, 0.1) is 0 Å². The molecule has 1 aliphatic rings. The number of pyridine rings is 1. The number of hydrogen-bond acceptors (Lipinski definition) is 2. The highest BCUT2D eigenvalue weighted by molar-refractivity contribution is 5.81. The predicted octanol–water partition coefficient (Wildman–Crippen LogP) is 2.97. The van der Waals surface area contributed by atoms with Crippen LogP contribution in [0.1, 0.15) is 45.2 Å². The van der Waals surface area contributed by atoms with Crippen LogP contribution in [-0.4, -0.2) is 28.9 Å². The van der Waals surface area contributed by atoms with Gasteiger partial charge in [-0.25, -0.2) is 4.98 Å². The number of aromatic nitrogens is 1. The van der Waals surface area contributed by atoms with Gasteiger partial charge in [-0.15, -0.1) is 0 Å². The fraction of sp³-hybridized carbons (Fsp3) is 0.600. The van der Waals surface area contributed by atoms with E-state index < -0.39 is 5.95 Å². The minimum absolute atomic E-state index is 0.193. The number of halogens is 1. The average Bonchev–Trinajstić information content (AvgIpc) is 2.37. The molecule has 1 aromatic rings. The number of likely N-dealkylation sites (tertiary alicyclic amines) is 1. The average molecular weight is 264 g/mol. The molecule has 0 spiro atoms. The van der Waals surface area contributed by atoms with Crippen LogP contribution < -0.4 is 0 Å². The zero-order valence-electron chi connectivity index (χ0n) is 11.8. The Morgan fingerprint density at radius 1 is 1.32 bits per heavy atom. The first kappa shape index (κ1) is 14.0. The molecule has 1 saturated heterocycles. The van der Waals surface area contributed by atoms with Crippen molar-refractivity contribution < 1.29 is 9.18 Å². The van der Waals surface area contributed by atoms with Crippen LogP contribution in [0.2, 0.25) is 0 Å². The Labute approximate surface area is 113 Å². The highest BCUT2D eigenvalue weighted by atomic mass is 19.1. The van der Waals surface area contributed by atoms with E-state index in [1.54, 1.807) is 6.07 Å². The summed E-state index contributed by atoms with van der Waals surface area (Å²) in [5.74, 6) is 0.0311. The number of rotatable bonds is 1. The lowest BCUT2D eigenvalue weighted by atomic mass is 9.89. The lowest BCUT2D eigenvalue weighted by Gasteiger charge is -2.35. The first-order valence-corrected chi connectivity index (χ1v) is 6.80. The van der Waals surface area contributed by atoms with E-state index in [0.717, 1.165) is 31.6 Å². The molecule has 1 fully saturated rings. The Balaban J connectivity index is 1.98. The van der Waals surface area contributed by atoms with Crippen LogP contribution in [0.25, 0.3) is 0 Å². The quantitative estimate of drug-likeness (QED) is 0.731. The Morgan fingerprint density at radius 3 is 2.47 bits per heavy atom. The SMILES string of the molecule is CC(C)(C)C(=O)N1CCC(c2cccc(F)n2)CC1. The van der Waals surface area contributed by atoms with Crippen LogP contribution in [-0.2, 0) is 4.79 Å². The molecule has 0 radical (unpaired) electrons. The topological polar surface area (TPSA) is 33.2 Å². The lowest BCUT2D eigenvalue weighted by Crippen LogP contribution is -2.43. The van der Waals surface area contributed by atoms with Crippen LogP contribution in [0.4, 0.5) is 4.39 Å². The first-order valence-electron chi connectivity index (χ1n) is 6.80. The third kappa shape index (κ3) is 3.31. The maximum absolute atomic E-state index is 13.1. The third-order valence-electron chi connectivity index (χ3n) is 3.58. The minimum Gasteiger partial charge on any atom is -0.342 e. The van der Waals surface area contributed by atoms with Gasteiger partial charge in [0, 0.05) is 30.1 Å². The summed E-state index contributed by atoms with van der Waals surface area (Å²) < 4.78 is 13.1. The molecule has 104 valence electrons. The first-order chi connectivity index (χ1) is 8.88. The van der Waals surface area contributed by atoms with E-state index in [1.807, 2.05) is 31.7 Å². The van der Waals surface area contributed by atoms with Crippen molar-refractivity contribution in [2.75, 3.05) is 13.1 Å². The van der Waals surface area contributed by atoms with Gasteiger partial charge in [-0.2, -0.15) is 4.39 Å². The number of nitrogens with zero attached hydrogens (tertiary/aromatic N) is 2. The summed E-state index contributed by atoms with van der Waals surface area (Å²) >= 11 is 0. The van der Waals surface area contributed by atoms with Crippen LogP contribution in [0.5, 0.6) is 0 Å². The van der Waals surface area contributed by atoms with Gasteiger partial charge in [0.25, 0.3) is 0 Å². The molecule has 0 atom stereocenters. The number of amides is 1. The molecular formula is C15H21FN2O. The summed E-state index contributed by atoms with van der Waals surface area (Å²) in [5.41, 5.74) is 0.479. The van der Waals surface area contributed by atoms with E-state index in [1.165, 1.54) is 6.07 Å². The fourth-order valence-corrected chi connectivity index (χ4v) is 2.50. The van der Waals surface area contributed by atoms with Crippen molar-refractivity contribution in [1.82, 2.24) is 9.88 Å². The Kier molecular flexibility index (Phi) is 3.88. The van der Waals surface area contributed by atoms with Crippen LogP contribution in [0, 0.1) is 11.4 Å². The van der Waals surface area contributed by atoms with E-state index in [2.05, 4.69) is 4.98 Å². The van der Waals surface area contributed by atoms with Gasteiger partial charge in [-0.1, -0.05) is 26.8 Å². The molecule has 0 N–H and O–H groups in total. The second-order valence-electron chi connectivity index (χ2n) is 6.20. The normalized spacial score (nSPS) is 17.6. The highest BCUT2D eigenvalue weighted by Crippen LogP contribution is 2.29. The van der Waals surface area contributed by atoms with Gasteiger partial charge in [-0.05, 0) is 25.0 Å². The van der Waals surface area contributed by atoms with Crippen molar-refractivity contribution in [2.45, 2.75) is 39.5 Å². The summed E-state index contributed by atoms with van der Waals surface area (Å²) in [6, 6.07) is 4.93. The van der Waals surface area contributed by atoms with Gasteiger partial charge in [0.2, 0.25) is 11.9 Å². The predicted molar refractivity (Wildman–Crippen MR) is 72.2 cm³/mol. The van der Waals surface area contributed by atoms with Crippen LogP contribution >= 0.6 is 0 Å². The van der Waals surface area contributed by atoms with Crippen LogP contribution in [0.3, 0.4) is 0 Å². The standard InChI is InChI=1S/C15H21FN2O/c1-15(2,3)14(19)18-9-7-11(8-10-18)12-5-4-6-13(16)17-12/h4-6,11H,7-10H2,1-3H3. The second-order valence-corrected chi connectivity index (χ2v) is 6.20. The second kappa shape index (κ2) is 5.27. The van der Waals surface area contributed by atoms with Crippen molar-refractivity contribution in [3.05, 3.63) is 29.8 Å². The van der Waals surface area contributed by atoms with E-state index in [4.69, 9.17) is 0 Å². The summed E-state index contributed by atoms with van der Waals surface area (Å²) in [6.45, 7) is 7.29. The molecule has 1 aliphatic heterocycles. The summed E-state index contributed by atoms with van der Waals surface area (Å²) in [7, 11) is 0. The zero-order chi connectivity index (χ0) is 14.0. The van der Waals surface area contributed by atoms with E-state index in [0.29, 0.717) is 0 Å². The summed E-state index contributed by atoms with van der Waals surface area (Å²) in [5, 5.41) is 0. The molecular weight excluding hydrogens is 243 g/mol. The molecule has 0 aliphatic carbocycles. The molecule has 0 saturated carbocycles. The molecule has 0 unspecified atom stereocenters. The molecule has 2 rings (SSSR count). The molecule has 0 aromatic carbocycles. The van der Waals surface area contributed by atoms with Crippen molar-refractivity contribution in [1.29, 1.82) is 0 Å². The van der Waals surface area contributed by atoms with E-state index in [9.17, 15) is 9.18 Å². The minimum atomic E-state index is -0.425. The number of carbonyl (C=O) groups is 1. The molecule has 4 heteroatoms. The molecule has 2 heterocycles. The Morgan fingerprint density at radius 2 is 1.95 bits per heavy atom. The Hall–Kier alpha value is -1.45. The van der Waals surface area contributed by atoms with Gasteiger partial charge >= 0.3 is 0 Å². The largest absolute Gasteiger partial charge is 0.342 e. The maximum atomic E-state index is 13.1. The molecule has 1 amide bonds. The van der Waals surface area contributed by atoms with Crippen LogP contribution in [0.15, 0.2) is 18.2 Å². The monoisotopic (exact) mass is 264 g/mol. The molecule has 1 aromatic heterocycles. The Bertz CT molecular complexity index is 459. The van der Waals surface area contributed by atoms with Gasteiger partial charge < -0.3 is 4.90 Å². The van der Waals surface area contributed by atoms with E-state index >= 15 is 0 Å². The highest BCUT2D eigenvalue weighted by Gasteiger charge is 2.31. The maximum Gasteiger partial charge on any atom is 0.227 e. The van der Waals surface area contributed by atoms with E-state index in [-0.39, 0.29) is 17.2 Å². The summed E-state index contributed by atoms with van der Waals surface area (Å²) in [6.07, 6.45) is 1.72. The fourth-order valence-electron chi connectivity index (χ4n) is 2.50. The van der Waals surface area contributed by atoms with Crippen molar-refractivity contribution in [3.8, 4) is 0 Å². The van der Waals surface area contributed by atoms with Gasteiger partial charge in [0.15, 0.2) is 0 Å². The number of carbonyl (C=O) groups excluding carboxylic acids is 1. The zero-order valence-corrected chi connectivity index (χ0v) is 11.8. The lowest BCUT2D eigenvalue weighted by molar-refractivity contribution is -0.140. The number of piperidine rings is 1. The van der Waals surface area contributed by atoms with Crippen molar-refractivity contribution in [2.24, 2.45) is 5.41 Å². The van der Waals surface area contributed by atoms with Crippen molar-refractivity contribution >= 4 is 5.91 Å². The molecule has 19 heavy (non-hydrogen) atoms. The summed E-state index contributed by atoms with van der Waals surface area (Å²) in [4.78, 5) is 18.0. The smallest absolute Gasteiger partial charge is 0.227 e. The van der Waals surface area contributed by atoms with Gasteiger partial charge in [0.1, 0.15) is 0 Å². The van der Waals surface area contributed by atoms with Gasteiger partial charge in [-0.3, -0.25) is 4.79 Å². The number of hydrogen-bond donors (Lipinski definition) is 0. The van der Waals surface area contributed by atoms with Crippen molar-refractivity contribution in [3.63, 3.8) is 0 Å². The molecule has 3 nitrogen and oxygen atoms in total.